The Balaban J connectivity index is 2.30. The van der Waals surface area contributed by atoms with E-state index in [0.717, 1.165) is 4.47 Å². The maximum Gasteiger partial charge on any atom is 0.259 e. The molecule has 2 N–H and O–H groups in total. The smallest absolute Gasteiger partial charge is 0.259 e. The Labute approximate surface area is 155 Å². The van der Waals surface area contributed by atoms with Gasteiger partial charge < -0.3 is 15.4 Å². The fourth-order valence-electron chi connectivity index (χ4n) is 2.28. The Morgan fingerprint density at radius 1 is 1.08 bits per heavy atom. The van der Waals surface area contributed by atoms with Crippen LogP contribution < -0.4 is 15.4 Å². The van der Waals surface area contributed by atoms with Crippen LogP contribution >= 0.6 is 15.9 Å². The van der Waals surface area contributed by atoms with Gasteiger partial charge in [-0.25, -0.2) is 0 Å². The van der Waals surface area contributed by atoms with E-state index in [0.29, 0.717) is 29.2 Å². The molecule has 2 rings (SSSR count). The Morgan fingerprint density at radius 2 is 1.80 bits per heavy atom. The molecule has 0 aromatic heterocycles. The summed E-state index contributed by atoms with van der Waals surface area (Å²) in [6.45, 7) is 6.08. The molecule has 0 aliphatic rings. The molecule has 0 spiro atoms. The van der Waals surface area contributed by atoms with Gasteiger partial charge in [0, 0.05) is 10.5 Å². The van der Waals surface area contributed by atoms with Gasteiger partial charge in [0.05, 0.1) is 23.4 Å². The van der Waals surface area contributed by atoms with Crippen LogP contribution in [-0.2, 0) is 0 Å². The molecule has 0 bridgehead atoms. The lowest BCUT2D eigenvalue weighted by Gasteiger charge is -2.14. The van der Waals surface area contributed by atoms with Crippen molar-refractivity contribution in [2.45, 2.75) is 26.8 Å². The van der Waals surface area contributed by atoms with Crippen LogP contribution in [-0.4, -0.2) is 24.5 Å². The Kier molecular flexibility index (Phi) is 6.58. The average molecular weight is 405 g/mol. The molecule has 0 aliphatic carbocycles. The molecular formula is C19H21BrN2O3. The van der Waals surface area contributed by atoms with Crippen LogP contribution in [0.25, 0.3) is 0 Å². The van der Waals surface area contributed by atoms with Crippen molar-refractivity contribution < 1.29 is 14.3 Å². The molecule has 0 fully saturated rings. The minimum absolute atomic E-state index is 0.00546. The molecule has 132 valence electrons. The van der Waals surface area contributed by atoms with Crippen LogP contribution in [0.15, 0.2) is 46.9 Å². The van der Waals surface area contributed by atoms with E-state index in [1.165, 1.54) is 0 Å². The maximum atomic E-state index is 12.7. The van der Waals surface area contributed by atoms with E-state index < -0.39 is 0 Å². The van der Waals surface area contributed by atoms with Crippen molar-refractivity contribution in [3.05, 3.63) is 58.1 Å². The van der Waals surface area contributed by atoms with Crippen molar-refractivity contribution in [3.63, 3.8) is 0 Å². The standard InChI is InChI=1S/C19H21BrN2O3/c1-4-25-17-10-9-13(20)11-15(17)19(24)22-16-8-6-5-7-14(16)18(23)21-12(2)3/h5-12H,4H2,1-3H3,(H,21,23)(H,22,24). The van der Waals surface area contributed by atoms with Gasteiger partial charge in [-0.2, -0.15) is 0 Å². The van der Waals surface area contributed by atoms with E-state index in [1.807, 2.05) is 26.8 Å². The quantitative estimate of drug-likeness (QED) is 0.756. The number of benzene rings is 2. The lowest BCUT2D eigenvalue weighted by Crippen LogP contribution is -2.31. The molecule has 0 heterocycles. The van der Waals surface area contributed by atoms with Gasteiger partial charge in [0.25, 0.3) is 11.8 Å². The second-order valence-electron chi connectivity index (χ2n) is 5.70. The van der Waals surface area contributed by atoms with Gasteiger partial charge in [0.15, 0.2) is 0 Å². The Bertz CT molecular complexity index is 775. The third kappa shape index (κ3) is 5.06. The summed E-state index contributed by atoms with van der Waals surface area (Å²) in [5.74, 6) is -0.0768. The molecule has 0 aliphatic heterocycles. The lowest BCUT2D eigenvalue weighted by atomic mass is 10.1. The summed E-state index contributed by atoms with van der Waals surface area (Å²) in [6, 6.07) is 12.2. The van der Waals surface area contributed by atoms with E-state index in [1.54, 1.807) is 36.4 Å². The summed E-state index contributed by atoms with van der Waals surface area (Å²) in [6.07, 6.45) is 0. The molecule has 6 heteroatoms. The van der Waals surface area contributed by atoms with Crippen molar-refractivity contribution >= 4 is 33.4 Å². The molecule has 0 saturated heterocycles. The maximum absolute atomic E-state index is 12.7. The molecule has 2 aromatic carbocycles. The van der Waals surface area contributed by atoms with Crippen molar-refractivity contribution in [2.75, 3.05) is 11.9 Å². The summed E-state index contributed by atoms with van der Waals surface area (Å²) in [5.41, 5.74) is 1.26. The first kappa shape index (κ1) is 19.0. The minimum atomic E-state index is -0.338. The molecule has 0 saturated carbocycles. The molecule has 25 heavy (non-hydrogen) atoms. The Hall–Kier alpha value is -2.34. The van der Waals surface area contributed by atoms with E-state index in [9.17, 15) is 9.59 Å². The van der Waals surface area contributed by atoms with Gasteiger partial charge in [-0.3, -0.25) is 9.59 Å². The molecular weight excluding hydrogens is 384 g/mol. The van der Waals surface area contributed by atoms with E-state index in [2.05, 4.69) is 26.6 Å². The number of anilines is 1. The zero-order valence-electron chi connectivity index (χ0n) is 14.4. The first-order valence-corrected chi connectivity index (χ1v) is 8.85. The van der Waals surface area contributed by atoms with Crippen LogP contribution in [0.2, 0.25) is 0 Å². The summed E-state index contributed by atoms with van der Waals surface area (Å²) < 4.78 is 6.29. The zero-order chi connectivity index (χ0) is 18.4. The third-order valence-corrected chi connectivity index (χ3v) is 3.82. The highest BCUT2D eigenvalue weighted by Crippen LogP contribution is 2.25. The number of carbonyl (C=O) groups is 2. The molecule has 0 atom stereocenters. The number of amides is 2. The first-order chi connectivity index (χ1) is 11.9. The number of halogens is 1. The van der Waals surface area contributed by atoms with E-state index in [4.69, 9.17) is 4.74 Å². The van der Waals surface area contributed by atoms with Gasteiger partial charge in [-0.1, -0.05) is 28.1 Å². The number of nitrogens with one attached hydrogen (secondary N) is 2. The van der Waals surface area contributed by atoms with Crippen LogP contribution in [0, 0.1) is 0 Å². The summed E-state index contributed by atoms with van der Waals surface area (Å²) in [7, 11) is 0. The second kappa shape index (κ2) is 8.67. The molecule has 5 nitrogen and oxygen atoms in total. The van der Waals surface area contributed by atoms with Crippen LogP contribution in [0.1, 0.15) is 41.5 Å². The Morgan fingerprint density at radius 3 is 2.48 bits per heavy atom. The number of hydrogen-bond donors (Lipinski definition) is 2. The van der Waals surface area contributed by atoms with Gasteiger partial charge >= 0.3 is 0 Å². The normalized spacial score (nSPS) is 10.4. The second-order valence-corrected chi connectivity index (χ2v) is 6.62. The lowest BCUT2D eigenvalue weighted by molar-refractivity contribution is 0.0944. The van der Waals surface area contributed by atoms with Crippen LogP contribution in [0.3, 0.4) is 0 Å². The first-order valence-electron chi connectivity index (χ1n) is 8.06. The van der Waals surface area contributed by atoms with Gasteiger partial charge in [0.1, 0.15) is 5.75 Å². The number of ether oxygens (including phenoxy) is 1. The predicted molar refractivity (Wildman–Crippen MR) is 102 cm³/mol. The summed E-state index contributed by atoms with van der Waals surface area (Å²) in [4.78, 5) is 25.0. The SMILES string of the molecule is CCOc1ccc(Br)cc1C(=O)Nc1ccccc1C(=O)NC(C)C. The summed E-state index contributed by atoms with van der Waals surface area (Å²) >= 11 is 3.37. The third-order valence-electron chi connectivity index (χ3n) is 3.33. The summed E-state index contributed by atoms with van der Waals surface area (Å²) in [5, 5.41) is 5.64. The van der Waals surface area contributed by atoms with Crippen molar-refractivity contribution in [1.29, 1.82) is 0 Å². The average Bonchev–Trinajstić information content (AvgIpc) is 2.56. The zero-order valence-corrected chi connectivity index (χ0v) is 16.0. The van der Waals surface area contributed by atoms with Crippen LogP contribution in [0.4, 0.5) is 5.69 Å². The number of carbonyl (C=O) groups excluding carboxylic acids is 2. The van der Waals surface area contributed by atoms with Gasteiger partial charge in [0.2, 0.25) is 0 Å². The van der Waals surface area contributed by atoms with Gasteiger partial charge in [-0.15, -0.1) is 0 Å². The molecule has 2 aromatic rings. The van der Waals surface area contributed by atoms with Crippen molar-refractivity contribution in [3.8, 4) is 5.75 Å². The minimum Gasteiger partial charge on any atom is -0.493 e. The number of para-hydroxylation sites is 1. The monoisotopic (exact) mass is 404 g/mol. The van der Waals surface area contributed by atoms with Crippen LogP contribution in [0.5, 0.6) is 5.75 Å². The molecule has 0 unspecified atom stereocenters. The fourth-order valence-corrected chi connectivity index (χ4v) is 2.64. The van der Waals surface area contributed by atoms with Crippen molar-refractivity contribution in [2.24, 2.45) is 0 Å². The molecule has 2 amide bonds. The highest BCUT2D eigenvalue weighted by Gasteiger charge is 2.17. The highest BCUT2D eigenvalue weighted by atomic mass is 79.9. The fraction of sp³-hybridized carbons (Fsp3) is 0.263. The number of rotatable bonds is 6. The number of hydrogen-bond acceptors (Lipinski definition) is 3. The topological polar surface area (TPSA) is 67.4 Å². The van der Waals surface area contributed by atoms with E-state index >= 15 is 0 Å². The highest BCUT2D eigenvalue weighted by molar-refractivity contribution is 9.10. The molecule has 0 radical (unpaired) electrons. The van der Waals surface area contributed by atoms with E-state index in [-0.39, 0.29) is 17.9 Å². The van der Waals surface area contributed by atoms with Gasteiger partial charge in [-0.05, 0) is 51.1 Å². The largest absolute Gasteiger partial charge is 0.493 e. The predicted octanol–water partition coefficient (Wildman–Crippen LogP) is 4.24. The van der Waals surface area contributed by atoms with Crippen molar-refractivity contribution in [1.82, 2.24) is 5.32 Å².